The average Bonchev–Trinajstić information content (AvgIpc) is 2.79. The molecule has 0 spiro atoms. The molecule has 0 aliphatic carbocycles. The number of pyridine rings is 1. The van der Waals surface area contributed by atoms with Crippen molar-refractivity contribution in [3.8, 4) is 0 Å². The Labute approximate surface area is 148 Å². The Morgan fingerprint density at radius 2 is 2.12 bits per heavy atom. The van der Waals surface area contributed by atoms with E-state index in [4.69, 9.17) is 11.6 Å². The van der Waals surface area contributed by atoms with Crippen LogP contribution >= 0.6 is 11.6 Å². The Morgan fingerprint density at radius 3 is 2.67 bits per heavy atom. The van der Waals surface area contributed by atoms with Crippen molar-refractivity contribution >= 4 is 17.6 Å². The van der Waals surface area contributed by atoms with Crippen molar-refractivity contribution in [2.45, 2.75) is 39.8 Å². The van der Waals surface area contributed by atoms with Crippen molar-refractivity contribution in [1.82, 2.24) is 25.4 Å². The van der Waals surface area contributed by atoms with Gasteiger partial charge in [-0.3, -0.25) is 9.67 Å². The van der Waals surface area contributed by atoms with Crippen molar-refractivity contribution in [1.29, 1.82) is 0 Å². The first kappa shape index (κ1) is 18.3. The molecule has 6 nitrogen and oxygen atoms in total. The Kier molecular flexibility index (Phi) is 6.20. The summed E-state index contributed by atoms with van der Waals surface area (Å²) in [7, 11) is 3.74. The van der Waals surface area contributed by atoms with E-state index in [0.29, 0.717) is 11.7 Å². The van der Waals surface area contributed by atoms with Crippen LogP contribution in [0.3, 0.4) is 0 Å². The number of aromatic nitrogens is 3. The van der Waals surface area contributed by atoms with Gasteiger partial charge in [0.15, 0.2) is 5.96 Å². The maximum Gasteiger partial charge on any atom is 0.191 e. The van der Waals surface area contributed by atoms with Crippen LogP contribution in [0, 0.1) is 13.8 Å². The van der Waals surface area contributed by atoms with Gasteiger partial charge in [0.25, 0.3) is 0 Å². The Morgan fingerprint density at radius 1 is 1.38 bits per heavy atom. The minimum absolute atomic E-state index is 0.237. The molecule has 0 aliphatic rings. The maximum absolute atomic E-state index is 5.80. The van der Waals surface area contributed by atoms with E-state index in [9.17, 15) is 0 Å². The van der Waals surface area contributed by atoms with Gasteiger partial charge < -0.3 is 10.6 Å². The molecule has 0 radical (unpaired) electrons. The summed E-state index contributed by atoms with van der Waals surface area (Å²) >= 11 is 5.80. The SMILES string of the molecule is CN=C(NCc1ccc(Cl)nc1)NC(C)Cc1c(C)nn(C)c1C. The minimum Gasteiger partial charge on any atom is -0.354 e. The number of guanidine groups is 1. The molecule has 0 saturated heterocycles. The fourth-order valence-corrected chi connectivity index (χ4v) is 2.71. The lowest BCUT2D eigenvalue weighted by Gasteiger charge is -2.18. The fraction of sp³-hybridized carbons (Fsp3) is 0.471. The standard InChI is InChI=1S/C17H25ClN6/c1-11(8-15-12(2)23-24(5)13(15)3)22-17(19-4)21-10-14-6-7-16(18)20-9-14/h6-7,9,11H,8,10H2,1-5H3,(H2,19,21,22). The predicted molar refractivity (Wildman–Crippen MR) is 98.4 cm³/mol. The van der Waals surface area contributed by atoms with Gasteiger partial charge in [0, 0.05) is 38.6 Å². The summed E-state index contributed by atoms with van der Waals surface area (Å²) in [5, 5.41) is 11.7. The summed E-state index contributed by atoms with van der Waals surface area (Å²) in [4.78, 5) is 8.36. The normalized spacial score (nSPS) is 13.0. The maximum atomic E-state index is 5.80. The van der Waals surface area contributed by atoms with Gasteiger partial charge in [-0.2, -0.15) is 5.10 Å². The molecular formula is C17H25ClN6. The van der Waals surface area contributed by atoms with Gasteiger partial charge in [0.05, 0.1) is 5.69 Å². The molecule has 2 heterocycles. The summed E-state index contributed by atoms with van der Waals surface area (Å²) in [5.74, 6) is 0.761. The van der Waals surface area contributed by atoms with Crippen LogP contribution in [0.2, 0.25) is 5.15 Å². The molecule has 1 unspecified atom stereocenters. The quantitative estimate of drug-likeness (QED) is 0.494. The van der Waals surface area contributed by atoms with Gasteiger partial charge in [-0.05, 0) is 44.4 Å². The third-order valence-corrected chi connectivity index (χ3v) is 4.25. The van der Waals surface area contributed by atoms with Crippen molar-refractivity contribution in [2.75, 3.05) is 7.05 Å². The van der Waals surface area contributed by atoms with Crippen LogP contribution in [0.5, 0.6) is 0 Å². The van der Waals surface area contributed by atoms with Gasteiger partial charge in [-0.25, -0.2) is 4.98 Å². The lowest BCUT2D eigenvalue weighted by Crippen LogP contribution is -2.42. The van der Waals surface area contributed by atoms with Gasteiger partial charge >= 0.3 is 0 Å². The van der Waals surface area contributed by atoms with Gasteiger partial charge in [-0.15, -0.1) is 0 Å². The smallest absolute Gasteiger partial charge is 0.191 e. The van der Waals surface area contributed by atoms with E-state index < -0.39 is 0 Å². The van der Waals surface area contributed by atoms with Crippen molar-refractivity contribution in [2.24, 2.45) is 12.0 Å². The van der Waals surface area contributed by atoms with E-state index in [1.54, 1.807) is 19.3 Å². The first-order valence-corrected chi connectivity index (χ1v) is 8.35. The lowest BCUT2D eigenvalue weighted by molar-refractivity contribution is 0.635. The topological polar surface area (TPSA) is 67.1 Å². The van der Waals surface area contributed by atoms with Crippen LogP contribution in [0.1, 0.15) is 29.4 Å². The molecular weight excluding hydrogens is 324 g/mol. The van der Waals surface area contributed by atoms with Crippen LogP contribution < -0.4 is 10.6 Å². The number of nitrogens with zero attached hydrogens (tertiary/aromatic N) is 4. The highest BCUT2D eigenvalue weighted by Crippen LogP contribution is 2.14. The third kappa shape index (κ3) is 4.71. The molecule has 2 aromatic rings. The molecule has 7 heteroatoms. The van der Waals surface area contributed by atoms with Gasteiger partial charge in [-0.1, -0.05) is 17.7 Å². The average molecular weight is 349 g/mol. The number of halogens is 1. The van der Waals surface area contributed by atoms with E-state index in [1.165, 1.54) is 11.3 Å². The Bertz CT molecular complexity index is 705. The van der Waals surface area contributed by atoms with Crippen LogP contribution in [0.4, 0.5) is 0 Å². The zero-order chi connectivity index (χ0) is 17.7. The summed E-state index contributed by atoms with van der Waals surface area (Å²) in [5.41, 5.74) is 4.62. The number of nitrogens with one attached hydrogen (secondary N) is 2. The van der Waals surface area contributed by atoms with E-state index in [-0.39, 0.29) is 6.04 Å². The number of rotatable bonds is 5. The molecule has 0 saturated carbocycles. The van der Waals surface area contributed by atoms with E-state index in [1.807, 2.05) is 17.8 Å². The second-order valence-corrected chi connectivity index (χ2v) is 6.32. The van der Waals surface area contributed by atoms with Crippen molar-refractivity contribution < 1.29 is 0 Å². The predicted octanol–water partition coefficient (Wildman–Crippen LogP) is 2.38. The molecule has 2 rings (SSSR count). The molecule has 1 atom stereocenters. The largest absolute Gasteiger partial charge is 0.354 e. The Balaban J connectivity index is 1.91. The summed E-state index contributed by atoms with van der Waals surface area (Å²) < 4.78 is 1.93. The molecule has 0 aliphatic heterocycles. The van der Waals surface area contributed by atoms with Gasteiger partial charge in [0.2, 0.25) is 0 Å². The van der Waals surface area contributed by atoms with Gasteiger partial charge in [0.1, 0.15) is 5.15 Å². The van der Waals surface area contributed by atoms with E-state index >= 15 is 0 Å². The Hall–Kier alpha value is -2.08. The molecule has 0 aromatic carbocycles. The lowest BCUT2D eigenvalue weighted by atomic mass is 10.1. The van der Waals surface area contributed by atoms with Crippen LogP contribution in [-0.4, -0.2) is 33.8 Å². The molecule has 2 N–H and O–H groups in total. The molecule has 130 valence electrons. The monoisotopic (exact) mass is 348 g/mol. The van der Waals surface area contributed by atoms with Crippen LogP contribution in [-0.2, 0) is 20.0 Å². The van der Waals surface area contributed by atoms with Crippen molar-refractivity contribution in [3.63, 3.8) is 0 Å². The second kappa shape index (κ2) is 8.15. The summed E-state index contributed by atoms with van der Waals surface area (Å²) in [6, 6.07) is 3.97. The fourth-order valence-electron chi connectivity index (χ4n) is 2.59. The van der Waals surface area contributed by atoms with Crippen LogP contribution in [0.15, 0.2) is 23.3 Å². The molecule has 24 heavy (non-hydrogen) atoms. The number of aryl methyl sites for hydroxylation is 2. The summed E-state index contributed by atoms with van der Waals surface area (Å²) in [6.07, 6.45) is 2.66. The molecule has 0 amide bonds. The van der Waals surface area contributed by atoms with Crippen LogP contribution in [0.25, 0.3) is 0 Å². The number of hydrogen-bond donors (Lipinski definition) is 2. The molecule has 0 fully saturated rings. The zero-order valence-corrected chi connectivity index (χ0v) is 15.6. The van der Waals surface area contributed by atoms with Crippen molar-refractivity contribution in [3.05, 3.63) is 46.0 Å². The highest BCUT2D eigenvalue weighted by molar-refractivity contribution is 6.29. The number of aliphatic imine (C=N–C) groups is 1. The minimum atomic E-state index is 0.237. The highest BCUT2D eigenvalue weighted by Gasteiger charge is 2.13. The molecule has 2 aromatic heterocycles. The summed E-state index contributed by atoms with van der Waals surface area (Å²) in [6.45, 7) is 6.93. The number of hydrogen-bond acceptors (Lipinski definition) is 3. The second-order valence-electron chi connectivity index (χ2n) is 5.94. The first-order chi connectivity index (χ1) is 11.4. The third-order valence-electron chi connectivity index (χ3n) is 4.02. The van der Waals surface area contributed by atoms with E-state index in [0.717, 1.165) is 23.6 Å². The first-order valence-electron chi connectivity index (χ1n) is 7.97. The highest BCUT2D eigenvalue weighted by atomic mass is 35.5. The molecule has 0 bridgehead atoms. The zero-order valence-electron chi connectivity index (χ0n) is 14.9. The van der Waals surface area contributed by atoms with E-state index in [2.05, 4.69) is 46.5 Å².